The third kappa shape index (κ3) is 3.27. The van der Waals surface area contributed by atoms with Gasteiger partial charge in [0.1, 0.15) is 29.7 Å². The predicted molar refractivity (Wildman–Crippen MR) is 113 cm³/mol. The molecule has 1 fully saturated rings. The normalized spacial score (nSPS) is 14.6. The maximum atomic E-state index is 6.20. The number of anilines is 1. The lowest BCUT2D eigenvalue weighted by Crippen LogP contribution is -2.38. The molecular weight excluding hydrogens is 366 g/mol. The number of rotatable bonds is 5. The molecule has 4 aromatic rings. The van der Waals surface area contributed by atoms with E-state index in [9.17, 15) is 0 Å². The largest absolute Gasteiger partial charge is 0.486 e. The van der Waals surface area contributed by atoms with Crippen molar-refractivity contribution in [1.82, 2.24) is 19.7 Å². The van der Waals surface area contributed by atoms with Crippen molar-refractivity contribution in [3.05, 3.63) is 42.7 Å². The van der Waals surface area contributed by atoms with E-state index in [1.807, 2.05) is 10.7 Å². The van der Waals surface area contributed by atoms with Crippen LogP contribution < -0.4 is 10.5 Å². The van der Waals surface area contributed by atoms with Crippen molar-refractivity contribution in [2.75, 3.05) is 18.9 Å². The molecule has 7 nitrogen and oxygen atoms in total. The summed E-state index contributed by atoms with van der Waals surface area (Å²) in [4.78, 5) is 8.63. The standard InChI is InChI=1S/C22H23N5O2/c1-13(2)9-27-22-19(21(23)24-12-25-22)20(26-27)16-4-3-15-8-17(6-5-14(15)7-16)29-18-10-28-11-18/h3-8,12-13,18H,9-11H2,1-2H3,(H2,23,24,25). The van der Waals surface area contributed by atoms with Crippen molar-refractivity contribution >= 4 is 27.6 Å². The number of nitrogens with two attached hydrogens (primary N) is 1. The van der Waals surface area contributed by atoms with Crippen LogP contribution in [0.15, 0.2) is 42.7 Å². The van der Waals surface area contributed by atoms with E-state index < -0.39 is 0 Å². The molecule has 7 heteroatoms. The molecule has 29 heavy (non-hydrogen) atoms. The Labute approximate surface area is 168 Å². The van der Waals surface area contributed by atoms with Gasteiger partial charge in [-0.05, 0) is 34.9 Å². The van der Waals surface area contributed by atoms with Crippen LogP contribution in [0.5, 0.6) is 5.75 Å². The fourth-order valence-corrected chi connectivity index (χ4v) is 3.62. The van der Waals surface area contributed by atoms with Crippen molar-refractivity contribution < 1.29 is 9.47 Å². The van der Waals surface area contributed by atoms with Gasteiger partial charge in [0.15, 0.2) is 5.65 Å². The van der Waals surface area contributed by atoms with Crippen LogP contribution in [0, 0.1) is 5.92 Å². The van der Waals surface area contributed by atoms with Crippen molar-refractivity contribution in [2.45, 2.75) is 26.5 Å². The van der Waals surface area contributed by atoms with Crippen molar-refractivity contribution in [1.29, 1.82) is 0 Å². The summed E-state index contributed by atoms with van der Waals surface area (Å²) < 4.78 is 13.0. The monoisotopic (exact) mass is 389 g/mol. The smallest absolute Gasteiger partial charge is 0.163 e. The van der Waals surface area contributed by atoms with E-state index in [0.717, 1.165) is 45.4 Å². The van der Waals surface area contributed by atoms with Crippen LogP contribution in [-0.4, -0.2) is 39.1 Å². The Hall–Kier alpha value is -3.19. The minimum atomic E-state index is 0.158. The van der Waals surface area contributed by atoms with Gasteiger partial charge in [-0.2, -0.15) is 5.10 Å². The minimum Gasteiger partial charge on any atom is -0.486 e. The van der Waals surface area contributed by atoms with Crippen LogP contribution in [-0.2, 0) is 11.3 Å². The number of nitrogens with zero attached hydrogens (tertiary/aromatic N) is 4. The molecular formula is C22H23N5O2. The summed E-state index contributed by atoms with van der Waals surface area (Å²) in [5, 5.41) is 7.87. The van der Waals surface area contributed by atoms with Crippen LogP contribution >= 0.6 is 0 Å². The number of ether oxygens (including phenoxy) is 2. The van der Waals surface area contributed by atoms with Crippen LogP contribution in [0.25, 0.3) is 33.1 Å². The van der Waals surface area contributed by atoms with Crippen LogP contribution in [0.1, 0.15) is 13.8 Å². The highest BCUT2D eigenvalue weighted by atomic mass is 16.6. The molecule has 0 unspecified atom stereocenters. The Morgan fingerprint density at radius 3 is 2.69 bits per heavy atom. The zero-order chi connectivity index (χ0) is 20.0. The molecule has 1 saturated heterocycles. The second kappa shape index (κ2) is 7.00. The Morgan fingerprint density at radius 1 is 1.14 bits per heavy atom. The number of aromatic nitrogens is 4. The van der Waals surface area contributed by atoms with Gasteiger partial charge in [0.2, 0.25) is 0 Å². The molecule has 5 rings (SSSR count). The zero-order valence-electron chi connectivity index (χ0n) is 16.5. The molecule has 0 amide bonds. The molecule has 2 aromatic carbocycles. The first-order valence-electron chi connectivity index (χ1n) is 9.84. The van der Waals surface area contributed by atoms with E-state index >= 15 is 0 Å². The van der Waals surface area contributed by atoms with Gasteiger partial charge in [0.05, 0.1) is 18.6 Å². The molecule has 0 saturated carbocycles. The van der Waals surface area contributed by atoms with Crippen LogP contribution in [0.4, 0.5) is 5.82 Å². The van der Waals surface area contributed by atoms with Gasteiger partial charge in [-0.1, -0.05) is 32.0 Å². The third-order valence-electron chi connectivity index (χ3n) is 5.09. The highest BCUT2D eigenvalue weighted by molar-refractivity contribution is 6.00. The molecule has 0 aliphatic carbocycles. The van der Waals surface area contributed by atoms with E-state index in [2.05, 4.69) is 54.1 Å². The molecule has 0 bridgehead atoms. The van der Waals surface area contributed by atoms with Gasteiger partial charge in [0, 0.05) is 12.1 Å². The molecule has 148 valence electrons. The molecule has 2 N–H and O–H groups in total. The molecule has 2 aromatic heterocycles. The minimum absolute atomic E-state index is 0.158. The second-order valence-electron chi connectivity index (χ2n) is 7.88. The first-order valence-corrected chi connectivity index (χ1v) is 9.84. The summed E-state index contributed by atoms with van der Waals surface area (Å²) in [7, 11) is 0. The van der Waals surface area contributed by atoms with Crippen molar-refractivity contribution in [2.24, 2.45) is 5.92 Å². The summed E-state index contributed by atoms with van der Waals surface area (Å²) >= 11 is 0. The van der Waals surface area contributed by atoms with E-state index in [1.54, 1.807) is 0 Å². The third-order valence-corrected chi connectivity index (χ3v) is 5.09. The van der Waals surface area contributed by atoms with Gasteiger partial charge in [-0.25, -0.2) is 14.6 Å². The lowest BCUT2D eigenvalue weighted by molar-refractivity contribution is -0.0796. The average molecular weight is 389 g/mol. The fourth-order valence-electron chi connectivity index (χ4n) is 3.62. The van der Waals surface area contributed by atoms with Gasteiger partial charge in [0.25, 0.3) is 0 Å². The topological polar surface area (TPSA) is 88.1 Å². The lowest BCUT2D eigenvalue weighted by Gasteiger charge is -2.26. The molecule has 0 spiro atoms. The highest BCUT2D eigenvalue weighted by Crippen LogP contribution is 2.33. The number of fused-ring (bicyclic) bond motifs is 2. The quantitative estimate of drug-likeness (QED) is 0.560. The first kappa shape index (κ1) is 17.9. The Balaban J connectivity index is 1.57. The van der Waals surface area contributed by atoms with Crippen LogP contribution in [0.2, 0.25) is 0 Å². The second-order valence-corrected chi connectivity index (χ2v) is 7.88. The number of hydrogen-bond donors (Lipinski definition) is 1. The van der Waals surface area contributed by atoms with Gasteiger partial charge in [-0.3, -0.25) is 0 Å². The Morgan fingerprint density at radius 2 is 1.93 bits per heavy atom. The number of hydrogen-bond acceptors (Lipinski definition) is 6. The molecule has 0 atom stereocenters. The molecule has 1 aliphatic rings. The summed E-state index contributed by atoms with van der Waals surface area (Å²) in [6.07, 6.45) is 1.65. The summed E-state index contributed by atoms with van der Waals surface area (Å²) in [6, 6.07) is 12.4. The Bertz CT molecular complexity index is 1200. The van der Waals surface area contributed by atoms with Gasteiger partial charge in [-0.15, -0.1) is 0 Å². The van der Waals surface area contributed by atoms with Gasteiger partial charge < -0.3 is 15.2 Å². The predicted octanol–water partition coefficient (Wildman–Crippen LogP) is 3.66. The lowest BCUT2D eigenvalue weighted by atomic mass is 10.0. The maximum absolute atomic E-state index is 6.20. The van der Waals surface area contributed by atoms with Gasteiger partial charge >= 0.3 is 0 Å². The summed E-state index contributed by atoms with van der Waals surface area (Å²) in [6.45, 7) is 6.40. The van der Waals surface area contributed by atoms with E-state index in [0.29, 0.717) is 24.9 Å². The summed E-state index contributed by atoms with van der Waals surface area (Å²) in [5.74, 6) is 1.76. The number of benzene rings is 2. The average Bonchev–Trinajstić information content (AvgIpc) is 3.03. The maximum Gasteiger partial charge on any atom is 0.163 e. The fraction of sp³-hybridized carbons (Fsp3) is 0.318. The zero-order valence-corrected chi connectivity index (χ0v) is 16.5. The molecule has 3 heterocycles. The molecule has 0 radical (unpaired) electrons. The Kier molecular flexibility index (Phi) is 4.32. The summed E-state index contributed by atoms with van der Waals surface area (Å²) in [5.41, 5.74) is 8.78. The van der Waals surface area contributed by atoms with E-state index in [4.69, 9.17) is 20.3 Å². The van der Waals surface area contributed by atoms with E-state index in [-0.39, 0.29) is 6.10 Å². The van der Waals surface area contributed by atoms with Crippen molar-refractivity contribution in [3.63, 3.8) is 0 Å². The molecule has 1 aliphatic heterocycles. The number of nitrogen functional groups attached to an aromatic ring is 1. The van der Waals surface area contributed by atoms with E-state index in [1.165, 1.54) is 6.33 Å². The van der Waals surface area contributed by atoms with Crippen molar-refractivity contribution in [3.8, 4) is 17.0 Å². The van der Waals surface area contributed by atoms with Crippen LogP contribution in [0.3, 0.4) is 0 Å². The first-order chi connectivity index (χ1) is 14.1. The SMILES string of the molecule is CC(C)Cn1nc(-c2ccc3cc(OC4COC4)ccc3c2)c2c(N)ncnc21. The highest BCUT2D eigenvalue weighted by Gasteiger charge is 2.20.